The number of unbranched alkanes of at least 4 members (excludes halogenated alkanes) is 2. The van der Waals surface area contributed by atoms with Crippen molar-refractivity contribution in [2.24, 2.45) is 5.41 Å². The minimum atomic E-state index is -1.12. The molecule has 0 saturated heterocycles. The van der Waals surface area contributed by atoms with E-state index in [1.165, 1.54) is 0 Å². The number of hydrogen-bond acceptors (Lipinski definition) is 12. The van der Waals surface area contributed by atoms with E-state index in [0.717, 1.165) is 12.2 Å². The second-order valence-corrected chi connectivity index (χ2v) is 9.48. The van der Waals surface area contributed by atoms with Gasteiger partial charge in [0.15, 0.2) is 0 Å². The molecule has 0 aliphatic rings. The van der Waals surface area contributed by atoms with Gasteiger partial charge in [0.05, 0.1) is 31.8 Å². The van der Waals surface area contributed by atoms with Gasteiger partial charge in [0.2, 0.25) is 0 Å². The van der Waals surface area contributed by atoms with E-state index in [0.29, 0.717) is 38.9 Å². The molecule has 2 N–H and O–H groups in total. The quantitative estimate of drug-likeness (QED) is 0.0747. The molecule has 0 spiro atoms. The lowest BCUT2D eigenvalue weighted by molar-refractivity contribution is -0.158. The van der Waals surface area contributed by atoms with Crippen LogP contribution in [-0.2, 0) is 47.6 Å². The minimum absolute atomic E-state index is 0.0202. The highest BCUT2D eigenvalue weighted by Gasteiger charge is 2.32. The van der Waals surface area contributed by atoms with Crippen LogP contribution < -0.4 is 0 Å². The number of ether oxygens (including phenoxy) is 6. The molecule has 0 saturated carbocycles. The maximum atomic E-state index is 12.5. The summed E-state index contributed by atoms with van der Waals surface area (Å²) in [5, 5.41) is 19.9. The molecule has 0 heterocycles. The Morgan fingerprint density at radius 1 is 0.700 bits per heavy atom. The Bertz CT molecular complexity index is 820. The van der Waals surface area contributed by atoms with Gasteiger partial charge in [-0.05, 0) is 46.0 Å². The Morgan fingerprint density at radius 2 is 1.12 bits per heavy atom. The molecule has 0 aliphatic carbocycles. The molecule has 0 aromatic heterocycles. The lowest BCUT2D eigenvalue weighted by Gasteiger charge is -2.24. The van der Waals surface area contributed by atoms with Crippen LogP contribution in [0.1, 0.15) is 46.0 Å². The SMILES string of the molecule is C=CC(=O)OCCCCOCC(O)COC(=O)C(=C)CC(C)(C)C(=O)OCC(O)COCCCCOC(=O)C=C. The van der Waals surface area contributed by atoms with Crippen molar-refractivity contribution < 1.29 is 57.8 Å². The lowest BCUT2D eigenvalue weighted by atomic mass is 9.86. The monoisotopic (exact) mass is 572 g/mol. The van der Waals surface area contributed by atoms with Crippen LogP contribution in [0.2, 0.25) is 0 Å². The third-order valence-electron chi connectivity index (χ3n) is 5.12. The fourth-order valence-corrected chi connectivity index (χ4v) is 2.93. The average Bonchev–Trinajstić information content (AvgIpc) is 2.92. The van der Waals surface area contributed by atoms with E-state index >= 15 is 0 Å². The predicted octanol–water partition coefficient (Wildman–Crippen LogP) is 1.82. The Morgan fingerprint density at radius 3 is 1.57 bits per heavy atom. The zero-order chi connectivity index (χ0) is 30.4. The number of aliphatic hydroxyl groups excluding tert-OH is 2. The molecular weight excluding hydrogens is 528 g/mol. The molecule has 0 fully saturated rings. The van der Waals surface area contributed by atoms with Crippen LogP contribution in [0, 0.1) is 5.41 Å². The van der Waals surface area contributed by atoms with E-state index in [4.69, 9.17) is 28.4 Å². The number of hydrogen-bond donors (Lipinski definition) is 2. The summed E-state index contributed by atoms with van der Waals surface area (Å²) in [5.74, 6) is -2.39. The zero-order valence-electron chi connectivity index (χ0n) is 23.6. The first kappa shape index (κ1) is 36.9. The van der Waals surface area contributed by atoms with Gasteiger partial charge in [-0.3, -0.25) is 4.79 Å². The van der Waals surface area contributed by atoms with Gasteiger partial charge in [0.25, 0.3) is 0 Å². The Balaban J connectivity index is 4.08. The maximum absolute atomic E-state index is 12.5. The van der Waals surface area contributed by atoms with Gasteiger partial charge in [-0.1, -0.05) is 19.7 Å². The van der Waals surface area contributed by atoms with Gasteiger partial charge in [-0.15, -0.1) is 0 Å². The Hall–Kier alpha value is -3.06. The van der Waals surface area contributed by atoms with Crippen LogP contribution in [0.5, 0.6) is 0 Å². The van der Waals surface area contributed by atoms with E-state index in [1.807, 2.05) is 0 Å². The first-order valence-electron chi connectivity index (χ1n) is 13.0. The molecule has 2 atom stereocenters. The molecule has 0 amide bonds. The summed E-state index contributed by atoms with van der Waals surface area (Å²) in [5.41, 5.74) is -1.10. The third-order valence-corrected chi connectivity index (χ3v) is 5.12. The summed E-state index contributed by atoms with van der Waals surface area (Å²) in [7, 11) is 0. The summed E-state index contributed by atoms with van der Waals surface area (Å²) in [4.78, 5) is 46.6. The molecule has 0 rings (SSSR count). The minimum Gasteiger partial charge on any atom is -0.463 e. The summed E-state index contributed by atoms with van der Waals surface area (Å²) in [6, 6.07) is 0. The first-order chi connectivity index (χ1) is 18.9. The van der Waals surface area contributed by atoms with E-state index in [2.05, 4.69) is 19.7 Å². The fraction of sp³-hybridized carbons (Fsp3) is 0.643. The van der Waals surface area contributed by atoms with Crippen LogP contribution in [-0.4, -0.2) is 99.2 Å². The third kappa shape index (κ3) is 19.1. The van der Waals surface area contributed by atoms with Crippen molar-refractivity contribution in [2.75, 3.05) is 52.9 Å². The van der Waals surface area contributed by atoms with Crippen molar-refractivity contribution in [1.29, 1.82) is 0 Å². The molecule has 40 heavy (non-hydrogen) atoms. The van der Waals surface area contributed by atoms with Gasteiger partial charge >= 0.3 is 23.9 Å². The highest BCUT2D eigenvalue weighted by Crippen LogP contribution is 2.27. The lowest BCUT2D eigenvalue weighted by Crippen LogP contribution is -2.32. The number of aliphatic hydroxyl groups is 2. The highest BCUT2D eigenvalue weighted by molar-refractivity contribution is 5.89. The van der Waals surface area contributed by atoms with Crippen LogP contribution in [0.25, 0.3) is 0 Å². The summed E-state index contributed by atoms with van der Waals surface area (Å²) in [6.07, 6.45) is 2.43. The van der Waals surface area contributed by atoms with Crippen LogP contribution in [0.15, 0.2) is 37.5 Å². The van der Waals surface area contributed by atoms with Crippen LogP contribution >= 0.6 is 0 Å². The molecule has 2 unspecified atom stereocenters. The number of rotatable bonds is 24. The summed E-state index contributed by atoms with van der Waals surface area (Å²) >= 11 is 0. The van der Waals surface area contributed by atoms with Crippen LogP contribution in [0.4, 0.5) is 0 Å². The molecule has 0 radical (unpaired) electrons. The van der Waals surface area contributed by atoms with Crippen LogP contribution in [0.3, 0.4) is 0 Å². The molecular formula is C28H44O12. The Kier molecular flexibility index (Phi) is 20.1. The number of carbonyl (C=O) groups is 4. The molecule has 12 nitrogen and oxygen atoms in total. The van der Waals surface area contributed by atoms with Gasteiger partial charge in [-0.2, -0.15) is 0 Å². The smallest absolute Gasteiger partial charge is 0.333 e. The average molecular weight is 573 g/mol. The summed E-state index contributed by atoms with van der Waals surface area (Å²) < 4.78 is 30.5. The second kappa shape index (κ2) is 21.7. The molecule has 12 heteroatoms. The van der Waals surface area contributed by atoms with Crippen molar-refractivity contribution >= 4 is 23.9 Å². The standard InChI is InChI=1S/C28H44O12/c1-6-24(31)37-14-10-8-12-35-17-22(29)19-39-26(33)21(3)16-28(4,5)27(34)40-20-23(30)18-36-13-9-11-15-38-25(32)7-2/h6-7,22-23,29-30H,1-3,8-20H2,4-5H3. The van der Waals surface area contributed by atoms with E-state index in [9.17, 15) is 29.4 Å². The first-order valence-corrected chi connectivity index (χ1v) is 13.0. The van der Waals surface area contributed by atoms with Gasteiger partial charge in [-0.25, -0.2) is 14.4 Å². The fourth-order valence-electron chi connectivity index (χ4n) is 2.93. The molecule has 0 aromatic carbocycles. The van der Waals surface area contributed by atoms with Crippen molar-refractivity contribution in [3.05, 3.63) is 37.5 Å². The molecule has 228 valence electrons. The predicted molar refractivity (Wildman–Crippen MR) is 144 cm³/mol. The van der Waals surface area contributed by atoms with E-state index in [1.54, 1.807) is 13.8 Å². The van der Waals surface area contributed by atoms with Gasteiger partial charge in [0.1, 0.15) is 25.4 Å². The number of esters is 4. The second-order valence-electron chi connectivity index (χ2n) is 9.48. The topological polar surface area (TPSA) is 164 Å². The molecule has 0 aromatic rings. The van der Waals surface area contributed by atoms with Crippen molar-refractivity contribution in [3.63, 3.8) is 0 Å². The zero-order valence-corrected chi connectivity index (χ0v) is 23.6. The van der Waals surface area contributed by atoms with E-state index in [-0.39, 0.29) is 51.6 Å². The summed E-state index contributed by atoms with van der Waals surface area (Å²) in [6.45, 7) is 13.8. The largest absolute Gasteiger partial charge is 0.463 e. The highest BCUT2D eigenvalue weighted by atomic mass is 16.6. The van der Waals surface area contributed by atoms with Gasteiger partial charge < -0.3 is 38.6 Å². The van der Waals surface area contributed by atoms with Crippen molar-refractivity contribution in [1.82, 2.24) is 0 Å². The van der Waals surface area contributed by atoms with E-state index < -0.39 is 41.5 Å². The normalized spacial score (nSPS) is 12.5. The van der Waals surface area contributed by atoms with Crippen molar-refractivity contribution in [2.45, 2.75) is 58.2 Å². The Labute approximate surface area is 235 Å². The number of carbonyl (C=O) groups excluding carboxylic acids is 4. The van der Waals surface area contributed by atoms with Gasteiger partial charge in [0, 0.05) is 30.9 Å². The van der Waals surface area contributed by atoms with Crippen molar-refractivity contribution in [3.8, 4) is 0 Å². The maximum Gasteiger partial charge on any atom is 0.333 e. The molecule has 0 bridgehead atoms. The molecule has 0 aliphatic heterocycles.